The zero-order valence-corrected chi connectivity index (χ0v) is 14.4. The molecule has 4 nitrogen and oxygen atoms in total. The predicted molar refractivity (Wildman–Crippen MR) is 90.6 cm³/mol. The van der Waals surface area contributed by atoms with E-state index in [1.807, 2.05) is 24.8 Å². The van der Waals surface area contributed by atoms with Crippen molar-refractivity contribution in [2.75, 3.05) is 6.54 Å². The number of likely N-dealkylation sites (tertiary alicyclic amines) is 1. The molecule has 1 fully saturated rings. The fourth-order valence-corrected chi connectivity index (χ4v) is 3.46. The lowest BCUT2D eigenvalue weighted by Crippen LogP contribution is -2.44. The van der Waals surface area contributed by atoms with E-state index in [1.165, 1.54) is 0 Å². The van der Waals surface area contributed by atoms with Crippen molar-refractivity contribution in [2.24, 2.45) is 0 Å². The normalized spacial score (nSPS) is 20.8. The third-order valence-corrected chi connectivity index (χ3v) is 4.66. The lowest BCUT2D eigenvalue weighted by atomic mass is 9.96. The third-order valence-electron chi connectivity index (χ3n) is 4.42. The van der Waals surface area contributed by atoms with Crippen LogP contribution >= 0.6 is 11.6 Å². The summed E-state index contributed by atoms with van der Waals surface area (Å²) < 4.78 is 0. The van der Waals surface area contributed by atoms with Gasteiger partial charge in [0.2, 0.25) is 0 Å². The summed E-state index contributed by atoms with van der Waals surface area (Å²) in [5.74, 6) is 0.707. The molecule has 1 aromatic carbocycles. The van der Waals surface area contributed by atoms with E-state index in [1.54, 1.807) is 24.3 Å². The van der Waals surface area contributed by atoms with Gasteiger partial charge in [0.05, 0.1) is 0 Å². The Balaban J connectivity index is 2.00. The summed E-state index contributed by atoms with van der Waals surface area (Å²) >= 11 is 6.03. The first kappa shape index (κ1) is 15.9. The number of aryl methyl sites for hydroxylation is 2. The molecule has 1 aliphatic heterocycles. The van der Waals surface area contributed by atoms with Gasteiger partial charge in [-0.25, -0.2) is 9.97 Å². The molecule has 0 spiro atoms. The van der Waals surface area contributed by atoms with Gasteiger partial charge in [0.1, 0.15) is 5.54 Å². The maximum atomic E-state index is 13.0. The number of nitrogens with zero attached hydrogens (tertiary/aromatic N) is 3. The smallest absolute Gasteiger partial charge is 0.254 e. The summed E-state index contributed by atoms with van der Waals surface area (Å²) in [4.78, 5) is 24.1. The summed E-state index contributed by atoms with van der Waals surface area (Å²) in [5.41, 5.74) is 1.98. The maximum Gasteiger partial charge on any atom is 0.254 e. The van der Waals surface area contributed by atoms with E-state index in [2.05, 4.69) is 16.9 Å². The number of amides is 1. The molecular formula is C18H20ClN3O. The molecule has 1 atom stereocenters. The molecule has 1 aromatic heterocycles. The molecule has 1 aliphatic rings. The van der Waals surface area contributed by atoms with Gasteiger partial charge in [-0.1, -0.05) is 17.7 Å². The number of hydrogen-bond donors (Lipinski definition) is 0. The van der Waals surface area contributed by atoms with Crippen molar-refractivity contribution >= 4 is 17.5 Å². The van der Waals surface area contributed by atoms with Gasteiger partial charge in [-0.05, 0) is 57.9 Å². The van der Waals surface area contributed by atoms with Crippen LogP contribution in [0.25, 0.3) is 0 Å². The highest BCUT2D eigenvalue weighted by Gasteiger charge is 2.43. The van der Waals surface area contributed by atoms with Crippen molar-refractivity contribution in [2.45, 2.75) is 39.2 Å². The quantitative estimate of drug-likeness (QED) is 0.839. The lowest BCUT2D eigenvalue weighted by Gasteiger charge is -2.34. The van der Waals surface area contributed by atoms with Gasteiger partial charge in [-0.3, -0.25) is 4.79 Å². The van der Waals surface area contributed by atoms with Crippen molar-refractivity contribution in [1.29, 1.82) is 0 Å². The SMILES string of the molecule is Cc1cc(C)nc(C2(C)CCCN2C(=O)c2cccc(Cl)c2)n1. The molecule has 0 N–H and O–H groups in total. The van der Waals surface area contributed by atoms with E-state index >= 15 is 0 Å². The molecule has 0 bridgehead atoms. The van der Waals surface area contributed by atoms with Gasteiger partial charge in [0, 0.05) is 28.5 Å². The Morgan fingerprint density at radius 3 is 2.57 bits per heavy atom. The molecule has 3 rings (SSSR count). The first-order valence-electron chi connectivity index (χ1n) is 7.80. The average Bonchev–Trinajstić information content (AvgIpc) is 2.89. The first-order valence-corrected chi connectivity index (χ1v) is 8.18. The number of halogens is 1. The summed E-state index contributed by atoms with van der Waals surface area (Å²) in [5, 5.41) is 0.569. The van der Waals surface area contributed by atoms with Gasteiger partial charge in [0.25, 0.3) is 5.91 Å². The Hall–Kier alpha value is -1.94. The Morgan fingerprint density at radius 1 is 1.22 bits per heavy atom. The highest BCUT2D eigenvalue weighted by atomic mass is 35.5. The summed E-state index contributed by atoms with van der Waals surface area (Å²) in [6.45, 7) is 6.67. The van der Waals surface area contributed by atoms with Crippen LogP contribution in [0.1, 0.15) is 47.3 Å². The first-order chi connectivity index (χ1) is 10.9. The Bertz CT molecular complexity index is 741. The van der Waals surface area contributed by atoms with E-state index in [0.717, 1.165) is 30.1 Å². The number of aromatic nitrogens is 2. The van der Waals surface area contributed by atoms with Gasteiger partial charge in [0.15, 0.2) is 5.82 Å². The average molecular weight is 330 g/mol. The number of hydrogen-bond acceptors (Lipinski definition) is 3. The Kier molecular flexibility index (Phi) is 4.11. The Labute approximate surface area is 141 Å². The summed E-state index contributed by atoms with van der Waals surface area (Å²) in [7, 11) is 0. The highest BCUT2D eigenvalue weighted by molar-refractivity contribution is 6.30. The van der Waals surface area contributed by atoms with Crippen LogP contribution in [-0.4, -0.2) is 27.3 Å². The number of carbonyl (C=O) groups is 1. The van der Waals surface area contributed by atoms with E-state index in [0.29, 0.717) is 17.1 Å². The molecule has 0 radical (unpaired) electrons. The molecule has 2 aromatic rings. The van der Waals surface area contributed by atoms with Gasteiger partial charge >= 0.3 is 0 Å². The second-order valence-electron chi connectivity index (χ2n) is 6.32. The monoisotopic (exact) mass is 329 g/mol. The minimum atomic E-state index is -0.476. The van der Waals surface area contributed by atoms with Crippen LogP contribution in [0.3, 0.4) is 0 Å². The fourth-order valence-electron chi connectivity index (χ4n) is 3.27. The summed E-state index contributed by atoms with van der Waals surface area (Å²) in [6.07, 6.45) is 1.81. The molecule has 1 saturated heterocycles. The molecule has 1 amide bonds. The largest absolute Gasteiger partial charge is 0.326 e. The third kappa shape index (κ3) is 2.95. The minimum absolute atomic E-state index is 0.0183. The van der Waals surface area contributed by atoms with E-state index in [9.17, 15) is 4.79 Å². The Morgan fingerprint density at radius 2 is 1.91 bits per heavy atom. The van der Waals surface area contributed by atoms with Crippen molar-refractivity contribution in [3.05, 3.63) is 58.1 Å². The highest BCUT2D eigenvalue weighted by Crippen LogP contribution is 2.38. The second-order valence-corrected chi connectivity index (χ2v) is 6.76. The van der Waals surface area contributed by atoms with Crippen molar-refractivity contribution < 1.29 is 4.79 Å². The fraction of sp³-hybridized carbons (Fsp3) is 0.389. The standard InChI is InChI=1S/C18H20ClN3O/c1-12-10-13(2)21-17(20-12)18(3)8-5-9-22(18)16(23)14-6-4-7-15(19)11-14/h4,6-7,10-11H,5,8-9H2,1-3H3. The number of carbonyl (C=O) groups excluding carboxylic acids is 1. The molecule has 1 unspecified atom stereocenters. The number of rotatable bonds is 2. The van der Waals surface area contributed by atoms with E-state index < -0.39 is 5.54 Å². The zero-order valence-electron chi connectivity index (χ0n) is 13.6. The minimum Gasteiger partial charge on any atom is -0.326 e. The van der Waals surface area contributed by atoms with Gasteiger partial charge < -0.3 is 4.90 Å². The van der Waals surface area contributed by atoms with Crippen LogP contribution < -0.4 is 0 Å². The van der Waals surface area contributed by atoms with Crippen LogP contribution in [0.15, 0.2) is 30.3 Å². The predicted octanol–water partition coefficient (Wildman–Crippen LogP) is 3.90. The molecule has 23 heavy (non-hydrogen) atoms. The zero-order chi connectivity index (χ0) is 16.6. The van der Waals surface area contributed by atoms with Crippen LogP contribution in [0.4, 0.5) is 0 Å². The van der Waals surface area contributed by atoms with Crippen LogP contribution in [0, 0.1) is 13.8 Å². The van der Waals surface area contributed by atoms with Gasteiger partial charge in [-0.2, -0.15) is 0 Å². The van der Waals surface area contributed by atoms with Crippen LogP contribution in [0.2, 0.25) is 5.02 Å². The summed E-state index contributed by atoms with van der Waals surface area (Å²) in [6, 6.07) is 9.04. The van der Waals surface area contributed by atoms with E-state index in [-0.39, 0.29) is 5.91 Å². The van der Waals surface area contributed by atoms with Crippen molar-refractivity contribution in [3.8, 4) is 0 Å². The van der Waals surface area contributed by atoms with Gasteiger partial charge in [-0.15, -0.1) is 0 Å². The lowest BCUT2D eigenvalue weighted by molar-refractivity contribution is 0.0603. The second kappa shape index (κ2) is 5.93. The van der Waals surface area contributed by atoms with Crippen molar-refractivity contribution in [3.63, 3.8) is 0 Å². The maximum absolute atomic E-state index is 13.0. The molecule has 0 aliphatic carbocycles. The van der Waals surface area contributed by atoms with Crippen molar-refractivity contribution in [1.82, 2.24) is 14.9 Å². The molecule has 5 heteroatoms. The van der Waals surface area contributed by atoms with Crippen LogP contribution in [0.5, 0.6) is 0 Å². The molecule has 0 saturated carbocycles. The molecule has 120 valence electrons. The topological polar surface area (TPSA) is 46.1 Å². The molecular weight excluding hydrogens is 310 g/mol. The van der Waals surface area contributed by atoms with Crippen LogP contribution in [-0.2, 0) is 5.54 Å². The molecule has 2 heterocycles. The number of benzene rings is 1. The van der Waals surface area contributed by atoms with E-state index in [4.69, 9.17) is 11.6 Å².